The van der Waals surface area contributed by atoms with Gasteiger partial charge in [0, 0.05) is 52.0 Å². The van der Waals surface area contributed by atoms with Crippen LogP contribution in [0.3, 0.4) is 0 Å². The summed E-state index contributed by atoms with van der Waals surface area (Å²) in [6.45, 7) is 5.32. The largest absolute Gasteiger partial charge is 0.385 e. The predicted octanol–water partition coefficient (Wildman–Crippen LogP) is 1.91. The smallest absolute Gasteiger partial charge is 0.317 e. The molecule has 1 aromatic carbocycles. The zero-order valence-electron chi connectivity index (χ0n) is 16.9. The van der Waals surface area contributed by atoms with E-state index in [0.717, 1.165) is 12.8 Å². The fourth-order valence-corrected chi connectivity index (χ4v) is 5.11. The number of benzene rings is 1. The highest BCUT2D eigenvalue weighted by Gasteiger charge is 2.34. The summed E-state index contributed by atoms with van der Waals surface area (Å²) in [5.41, 5.74) is 1.31. The van der Waals surface area contributed by atoms with Crippen LogP contribution in [0.15, 0.2) is 40.3 Å². The number of hydrogen-bond donors (Lipinski definition) is 1. The normalized spacial score (nSPS) is 19.2. The monoisotopic (exact) mass is 420 g/mol. The Hall–Kier alpha value is -2.39. The molecule has 2 amide bonds. The van der Waals surface area contributed by atoms with Gasteiger partial charge in [-0.05, 0) is 25.3 Å². The van der Waals surface area contributed by atoms with Crippen molar-refractivity contribution in [1.29, 1.82) is 0 Å². The SMILES string of the molecule is COCCCNC(=O)N1CCCN(C2=NS(=O)(=O)C(c3ccccc3)=C2C)CC1. The Morgan fingerprint density at radius 3 is 2.66 bits per heavy atom. The van der Waals surface area contributed by atoms with Gasteiger partial charge in [0.15, 0.2) is 0 Å². The predicted molar refractivity (Wildman–Crippen MR) is 113 cm³/mol. The molecule has 1 aromatic rings. The van der Waals surface area contributed by atoms with Gasteiger partial charge >= 0.3 is 6.03 Å². The molecule has 8 nitrogen and oxygen atoms in total. The highest BCUT2D eigenvalue weighted by atomic mass is 32.2. The molecule has 0 atom stereocenters. The van der Waals surface area contributed by atoms with E-state index in [0.29, 0.717) is 56.3 Å². The van der Waals surface area contributed by atoms with Crippen molar-refractivity contribution in [2.45, 2.75) is 19.8 Å². The highest BCUT2D eigenvalue weighted by Crippen LogP contribution is 2.33. The van der Waals surface area contributed by atoms with Gasteiger partial charge in [0.1, 0.15) is 10.7 Å². The fraction of sp³-hybridized carbons (Fsp3) is 0.500. The number of methoxy groups -OCH3 is 1. The van der Waals surface area contributed by atoms with Crippen molar-refractivity contribution in [1.82, 2.24) is 15.1 Å². The van der Waals surface area contributed by atoms with Gasteiger partial charge in [-0.1, -0.05) is 30.3 Å². The van der Waals surface area contributed by atoms with Crippen LogP contribution in [0.25, 0.3) is 4.91 Å². The molecule has 29 heavy (non-hydrogen) atoms. The van der Waals surface area contributed by atoms with Crippen LogP contribution in [0.1, 0.15) is 25.3 Å². The first-order chi connectivity index (χ1) is 13.9. The minimum absolute atomic E-state index is 0.0961. The molecule has 1 N–H and O–H groups in total. The van der Waals surface area contributed by atoms with Crippen LogP contribution in [0, 0.1) is 0 Å². The van der Waals surface area contributed by atoms with Crippen LogP contribution in [0.2, 0.25) is 0 Å². The molecule has 0 bridgehead atoms. The van der Waals surface area contributed by atoms with Crippen molar-refractivity contribution in [3.8, 4) is 0 Å². The second kappa shape index (κ2) is 9.41. The van der Waals surface area contributed by atoms with Gasteiger partial charge < -0.3 is 19.9 Å². The number of amidine groups is 1. The molecule has 0 saturated carbocycles. The van der Waals surface area contributed by atoms with Gasteiger partial charge in [-0.3, -0.25) is 0 Å². The van der Waals surface area contributed by atoms with Gasteiger partial charge in [0.05, 0.1) is 0 Å². The lowest BCUT2D eigenvalue weighted by Crippen LogP contribution is -2.43. The summed E-state index contributed by atoms with van der Waals surface area (Å²) in [4.78, 5) is 16.4. The Morgan fingerprint density at radius 1 is 1.17 bits per heavy atom. The van der Waals surface area contributed by atoms with Gasteiger partial charge in [0.25, 0.3) is 10.0 Å². The Labute approximate surface area is 172 Å². The molecule has 158 valence electrons. The van der Waals surface area contributed by atoms with E-state index in [2.05, 4.69) is 9.71 Å². The second-order valence-corrected chi connectivity index (χ2v) is 8.66. The van der Waals surface area contributed by atoms with Crippen molar-refractivity contribution < 1.29 is 17.9 Å². The third kappa shape index (κ3) is 4.97. The molecule has 1 saturated heterocycles. The zero-order valence-corrected chi connectivity index (χ0v) is 17.7. The quantitative estimate of drug-likeness (QED) is 0.735. The van der Waals surface area contributed by atoms with Crippen LogP contribution < -0.4 is 5.32 Å². The Balaban J connectivity index is 1.69. The number of rotatable bonds is 5. The summed E-state index contributed by atoms with van der Waals surface area (Å²) in [5.74, 6) is 0.492. The summed E-state index contributed by atoms with van der Waals surface area (Å²) in [6.07, 6.45) is 1.52. The summed E-state index contributed by atoms with van der Waals surface area (Å²) in [6, 6.07) is 8.96. The highest BCUT2D eigenvalue weighted by molar-refractivity contribution is 8.00. The molecule has 2 aliphatic heterocycles. The Kier molecular flexibility index (Phi) is 6.92. The van der Waals surface area contributed by atoms with E-state index >= 15 is 0 Å². The van der Waals surface area contributed by atoms with Gasteiger partial charge in [-0.15, -0.1) is 4.40 Å². The van der Waals surface area contributed by atoms with Gasteiger partial charge in [-0.25, -0.2) is 4.79 Å². The Bertz CT molecular complexity index is 896. The van der Waals surface area contributed by atoms with E-state index in [1.807, 2.05) is 23.1 Å². The van der Waals surface area contributed by atoms with E-state index in [-0.39, 0.29) is 10.9 Å². The van der Waals surface area contributed by atoms with Crippen LogP contribution in [-0.2, 0) is 14.8 Å². The van der Waals surface area contributed by atoms with E-state index in [1.165, 1.54) is 0 Å². The van der Waals surface area contributed by atoms with Crippen molar-refractivity contribution >= 4 is 26.8 Å². The van der Waals surface area contributed by atoms with E-state index in [1.54, 1.807) is 31.1 Å². The zero-order chi connectivity index (χ0) is 20.9. The van der Waals surface area contributed by atoms with Crippen molar-refractivity contribution in [3.05, 3.63) is 41.5 Å². The molecule has 2 heterocycles. The van der Waals surface area contributed by atoms with E-state index < -0.39 is 10.0 Å². The maximum absolute atomic E-state index is 12.7. The van der Waals surface area contributed by atoms with Crippen LogP contribution in [0.5, 0.6) is 0 Å². The van der Waals surface area contributed by atoms with E-state index in [4.69, 9.17) is 4.74 Å². The van der Waals surface area contributed by atoms with Crippen LogP contribution in [-0.4, -0.2) is 76.5 Å². The molecule has 2 aliphatic rings. The van der Waals surface area contributed by atoms with Gasteiger partial charge in [0.2, 0.25) is 0 Å². The molecule has 9 heteroatoms. The summed E-state index contributed by atoms with van der Waals surface area (Å²) in [7, 11) is -2.09. The molecular formula is C20H28N4O4S. The number of carbonyl (C=O) groups is 1. The number of carbonyl (C=O) groups excluding carboxylic acids is 1. The first-order valence-corrected chi connectivity index (χ1v) is 11.3. The third-order valence-corrected chi connectivity index (χ3v) is 6.53. The number of nitrogens with zero attached hydrogens (tertiary/aromatic N) is 3. The maximum atomic E-state index is 12.7. The van der Waals surface area contributed by atoms with Crippen molar-refractivity contribution in [2.75, 3.05) is 46.4 Å². The van der Waals surface area contributed by atoms with Gasteiger partial charge in [-0.2, -0.15) is 8.42 Å². The fourth-order valence-electron chi connectivity index (χ4n) is 3.63. The first-order valence-electron chi connectivity index (χ1n) is 9.82. The molecule has 0 aromatic heterocycles. The molecule has 0 aliphatic carbocycles. The number of hydrogen-bond acceptors (Lipinski definition) is 5. The molecule has 0 unspecified atom stereocenters. The molecule has 0 spiro atoms. The summed E-state index contributed by atoms with van der Waals surface area (Å²) >= 11 is 0. The average molecular weight is 421 g/mol. The van der Waals surface area contributed by atoms with Crippen molar-refractivity contribution in [2.24, 2.45) is 4.40 Å². The molecule has 1 fully saturated rings. The Morgan fingerprint density at radius 2 is 1.93 bits per heavy atom. The molecule has 3 rings (SSSR count). The number of urea groups is 1. The standard InChI is InChI=1S/C20H28N4O4S/c1-16-18(17-8-4-3-5-9-17)29(26,27)22-19(16)23-11-7-12-24(14-13-23)20(25)21-10-6-15-28-2/h3-5,8-9H,6-7,10-15H2,1-2H3,(H,21,25). The third-order valence-electron chi connectivity index (χ3n) is 5.06. The topological polar surface area (TPSA) is 91.3 Å². The molecular weight excluding hydrogens is 392 g/mol. The minimum atomic E-state index is -3.73. The summed E-state index contributed by atoms with van der Waals surface area (Å²) < 4.78 is 34.5. The number of nitrogens with one attached hydrogen (secondary N) is 1. The minimum Gasteiger partial charge on any atom is -0.385 e. The number of sulfonamides is 1. The van der Waals surface area contributed by atoms with Crippen LogP contribution >= 0.6 is 0 Å². The lowest BCUT2D eigenvalue weighted by atomic mass is 10.1. The second-order valence-electron chi connectivity index (χ2n) is 7.12. The average Bonchev–Trinajstić information content (AvgIpc) is 2.86. The lowest BCUT2D eigenvalue weighted by Gasteiger charge is -2.24. The van der Waals surface area contributed by atoms with Crippen molar-refractivity contribution in [3.63, 3.8) is 0 Å². The van der Waals surface area contributed by atoms with Crippen LogP contribution in [0.4, 0.5) is 4.79 Å². The number of amides is 2. The maximum Gasteiger partial charge on any atom is 0.317 e. The lowest BCUT2D eigenvalue weighted by molar-refractivity contribution is 0.186. The first kappa shape index (κ1) is 21.3. The van der Waals surface area contributed by atoms with E-state index in [9.17, 15) is 13.2 Å². The summed E-state index contributed by atoms with van der Waals surface area (Å²) in [5, 5.41) is 2.90. The number of ether oxygens (including phenoxy) is 1. The molecule has 0 radical (unpaired) electrons.